The summed E-state index contributed by atoms with van der Waals surface area (Å²) in [5.41, 5.74) is 4.59. The zero-order valence-electron chi connectivity index (χ0n) is 21.4. The van der Waals surface area contributed by atoms with Crippen molar-refractivity contribution in [2.45, 2.75) is 51.5 Å². The van der Waals surface area contributed by atoms with E-state index in [1.165, 1.54) is 16.0 Å². The Morgan fingerprint density at radius 2 is 1.92 bits per heavy atom. The van der Waals surface area contributed by atoms with Crippen LogP contribution in [0.5, 0.6) is 0 Å². The predicted octanol–water partition coefficient (Wildman–Crippen LogP) is 7.15. The molecule has 0 aliphatic carbocycles. The summed E-state index contributed by atoms with van der Waals surface area (Å²) in [7, 11) is 0. The fourth-order valence-electron chi connectivity index (χ4n) is 4.69. The zero-order valence-corrected chi connectivity index (χ0v) is 23.0. The summed E-state index contributed by atoms with van der Waals surface area (Å²) in [5.74, 6) is 1.73. The monoisotopic (exact) mass is 542 g/mol. The molecule has 0 aliphatic heterocycles. The average Bonchev–Trinajstić information content (AvgIpc) is 3.72. The molecular formula is C30H31ClN6S. The Hall–Kier alpha value is -3.55. The first-order valence-electron chi connectivity index (χ1n) is 13.0. The topological polar surface area (TPSA) is 72.3 Å². The van der Waals surface area contributed by atoms with Gasteiger partial charge in [-0.3, -0.25) is 0 Å². The number of aromatic amines is 1. The third-order valence-electron chi connectivity index (χ3n) is 6.70. The number of halogens is 1. The highest BCUT2D eigenvalue weighted by molar-refractivity contribution is 7.09. The number of nitrogens with one attached hydrogen (secondary N) is 1. The lowest BCUT2D eigenvalue weighted by atomic mass is 9.88. The fourth-order valence-corrected chi connectivity index (χ4v) is 5.63. The van der Waals surface area contributed by atoms with Crippen LogP contribution in [0.15, 0.2) is 83.9 Å². The van der Waals surface area contributed by atoms with Gasteiger partial charge >= 0.3 is 0 Å². The maximum Gasteiger partial charge on any atom is 0.182 e. The number of aryl methyl sites for hydroxylation is 1. The first-order chi connectivity index (χ1) is 18.7. The molecule has 0 saturated heterocycles. The van der Waals surface area contributed by atoms with E-state index in [1.54, 1.807) is 11.3 Å². The van der Waals surface area contributed by atoms with Gasteiger partial charge in [-0.25, -0.2) is 4.98 Å². The van der Waals surface area contributed by atoms with Gasteiger partial charge in [-0.15, -0.1) is 21.5 Å². The number of imidazole rings is 1. The van der Waals surface area contributed by atoms with Gasteiger partial charge in [-0.05, 0) is 47.6 Å². The standard InChI is InChI=1S/C30H31ClN6S/c1-2-3-15-29-32-20-25(37(29)21-23-12-7-8-14-28(23)31)18-24(19-26-13-9-16-38-26)27(30-33-35-36-34-30)17-22-10-5-4-6-11-22/h4-14,16,18,20,27H,2-3,15,17,19,21H2,1H3,(H,33,34,35,36). The molecule has 194 valence electrons. The summed E-state index contributed by atoms with van der Waals surface area (Å²) in [6.45, 7) is 2.88. The Labute approximate surface area is 232 Å². The first-order valence-corrected chi connectivity index (χ1v) is 14.2. The van der Waals surface area contributed by atoms with Crippen molar-refractivity contribution in [3.05, 3.63) is 122 Å². The van der Waals surface area contributed by atoms with E-state index in [1.807, 2.05) is 30.5 Å². The molecule has 0 bridgehead atoms. The minimum Gasteiger partial charge on any atom is -0.324 e. The van der Waals surface area contributed by atoms with Gasteiger partial charge < -0.3 is 4.57 Å². The SMILES string of the molecule is CCCCc1ncc(C=C(Cc2cccs2)C(Cc2ccccc2)c2nn[nH]n2)n1Cc1ccccc1Cl. The van der Waals surface area contributed by atoms with Crippen LogP contribution in [-0.2, 0) is 25.8 Å². The summed E-state index contributed by atoms with van der Waals surface area (Å²) in [4.78, 5) is 6.16. The molecule has 1 N–H and O–H groups in total. The molecule has 3 aromatic heterocycles. The molecule has 5 rings (SSSR count). The number of thiophene rings is 1. The second-order valence-electron chi connectivity index (χ2n) is 9.37. The second-order valence-corrected chi connectivity index (χ2v) is 10.8. The van der Waals surface area contributed by atoms with Crippen LogP contribution in [0.1, 0.15) is 59.0 Å². The summed E-state index contributed by atoms with van der Waals surface area (Å²) >= 11 is 8.35. The molecule has 0 fully saturated rings. The van der Waals surface area contributed by atoms with Gasteiger partial charge in [-0.1, -0.05) is 90.3 Å². The molecule has 8 heteroatoms. The van der Waals surface area contributed by atoms with Crippen molar-refractivity contribution in [2.75, 3.05) is 0 Å². The van der Waals surface area contributed by atoms with Crippen LogP contribution < -0.4 is 0 Å². The first kappa shape index (κ1) is 26.1. The van der Waals surface area contributed by atoms with Crippen LogP contribution in [-0.4, -0.2) is 30.2 Å². The smallest absolute Gasteiger partial charge is 0.182 e. The third-order valence-corrected chi connectivity index (χ3v) is 7.95. The quantitative estimate of drug-likeness (QED) is 0.181. The van der Waals surface area contributed by atoms with Crippen molar-refractivity contribution in [1.82, 2.24) is 30.2 Å². The van der Waals surface area contributed by atoms with Crippen molar-refractivity contribution in [1.29, 1.82) is 0 Å². The Balaban J connectivity index is 1.59. The van der Waals surface area contributed by atoms with Crippen LogP contribution in [0.25, 0.3) is 6.08 Å². The van der Waals surface area contributed by atoms with Gasteiger partial charge in [0.05, 0.1) is 18.4 Å². The van der Waals surface area contributed by atoms with Crippen LogP contribution in [0.4, 0.5) is 0 Å². The lowest BCUT2D eigenvalue weighted by molar-refractivity contribution is 0.673. The molecule has 0 amide bonds. The summed E-state index contributed by atoms with van der Waals surface area (Å²) in [5, 5.41) is 18.3. The van der Waals surface area contributed by atoms with Crippen molar-refractivity contribution >= 4 is 29.0 Å². The predicted molar refractivity (Wildman–Crippen MR) is 154 cm³/mol. The normalized spacial score (nSPS) is 12.6. The molecule has 0 radical (unpaired) electrons. The lowest BCUT2D eigenvalue weighted by Gasteiger charge is -2.19. The molecule has 3 heterocycles. The number of tetrazole rings is 1. The van der Waals surface area contributed by atoms with Crippen molar-refractivity contribution in [2.24, 2.45) is 0 Å². The minimum absolute atomic E-state index is 0.0407. The highest BCUT2D eigenvalue weighted by Crippen LogP contribution is 2.32. The maximum absolute atomic E-state index is 6.58. The number of aromatic nitrogens is 6. The number of allylic oxidation sites excluding steroid dienone is 1. The van der Waals surface area contributed by atoms with E-state index in [9.17, 15) is 0 Å². The van der Waals surface area contributed by atoms with Crippen molar-refractivity contribution in [3.8, 4) is 0 Å². The number of benzene rings is 2. The number of hydrogen-bond acceptors (Lipinski definition) is 5. The highest BCUT2D eigenvalue weighted by atomic mass is 35.5. The number of rotatable bonds is 12. The van der Waals surface area contributed by atoms with E-state index in [2.05, 4.69) is 86.0 Å². The van der Waals surface area contributed by atoms with Gasteiger partial charge in [0.15, 0.2) is 5.82 Å². The van der Waals surface area contributed by atoms with E-state index in [0.29, 0.717) is 12.4 Å². The second kappa shape index (κ2) is 12.8. The summed E-state index contributed by atoms with van der Waals surface area (Å²) in [6.07, 6.45) is 8.97. The number of nitrogens with zero attached hydrogens (tertiary/aromatic N) is 5. The molecule has 38 heavy (non-hydrogen) atoms. The van der Waals surface area contributed by atoms with E-state index in [4.69, 9.17) is 16.6 Å². The lowest BCUT2D eigenvalue weighted by Crippen LogP contribution is -2.12. The Bertz CT molecular complexity index is 1440. The highest BCUT2D eigenvalue weighted by Gasteiger charge is 2.23. The van der Waals surface area contributed by atoms with Crippen molar-refractivity contribution in [3.63, 3.8) is 0 Å². The molecule has 5 aromatic rings. The number of hydrogen-bond donors (Lipinski definition) is 1. The Morgan fingerprint density at radius 3 is 2.66 bits per heavy atom. The molecule has 0 spiro atoms. The van der Waals surface area contributed by atoms with E-state index in [0.717, 1.165) is 54.2 Å². The third kappa shape index (κ3) is 6.47. The van der Waals surface area contributed by atoms with Gasteiger partial charge in [0.2, 0.25) is 0 Å². The molecule has 0 aliphatic rings. The van der Waals surface area contributed by atoms with Crippen LogP contribution >= 0.6 is 22.9 Å². The largest absolute Gasteiger partial charge is 0.324 e. The van der Waals surface area contributed by atoms with Crippen LogP contribution in [0, 0.1) is 0 Å². The van der Waals surface area contributed by atoms with Gasteiger partial charge in [0, 0.05) is 28.7 Å². The Kier molecular flexibility index (Phi) is 8.78. The average molecular weight is 543 g/mol. The van der Waals surface area contributed by atoms with Gasteiger partial charge in [-0.2, -0.15) is 5.21 Å². The number of H-pyrrole nitrogens is 1. The Morgan fingerprint density at radius 1 is 1.08 bits per heavy atom. The van der Waals surface area contributed by atoms with E-state index >= 15 is 0 Å². The summed E-state index contributed by atoms with van der Waals surface area (Å²) in [6, 6.07) is 22.8. The van der Waals surface area contributed by atoms with Crippen molar-refractivity contribution < 1.29 is 0 Å². The van der Waals surface area contributed by atoms with Crippen LogP contribution in [0.3, 0.4) is 0 Å². The molecule has 6 nitrogen and oxygen atoms in total. The molecule has 0 saturated carbocycles. The van der Waals surface area contributed by atoms with Gasteiger partial charge in [0.1, 0.15) is 5.82 Å². The van der Waals surface area contributed by atoms with E-state index < -0.39 is 0 Å². The molecule has 1 atom stereocenters. The molecule has 1 unspecified atom stereocenters. The number of unbranched alkanes of at least 4 members (excludes halogenated alkanes) is 1. The van der Waals surface area contributed by atoms with Gasteiger partial charge in [0.25, 0.3) is 0 Å². The molecular weight excluding hydrogens is 512 g/mol. The van der Waals surface area contributed by atoms with Crippen LogP contribution in [0.2, 0.25) is 5.02 Å². The van der Waals surface area contributed by atoms with E-state index in [-0.39, 0.29) is 5.92 Å². The summed E-state index contributed by atoms with van der Waals surface area (Å²) < 4.78 is 2.31. The fraction of sp³-hybridized carbons (Fsp3) is 0.267. The maximum atomic E-state index is 6.58. The zero-order chi connectivity index (χ0) is 26.2. The molecule has 2 aromatic carbocycles. The minimum atomic E-state index is -0.0407.